The quantitative estimate of drug-likeness (QED) is 0.667. The van der Waals surface area contributed by atoms with E-state index in [0.29, 0.717) is 17.6 Å². The van der Waals surface area contributed by atoms with Crippen molar-refractivity contribution in [3.05, 3.63) is 0 Å². The van der Waals surface area contributed by atoms with Gasteiger partial charge in [0.15, 0.2) is 0 Å². The molecule has 2 heteroatoms. The Morgan fingerprint density at radius 3 is 2.21 bits per heavy atom. The first-order chi connectivity index (χ1) is 6.37. The summed E-state index contributed by atoms with van der Waals surface area (Å²) < 4.78 is 5.25. The predicted molar refractivity (Wildman–Crippen MR) is 62.6 cm³/mol. The molecule has 0 spiro atoms. The summed E-state index contributed by atoms with van der Waals surface area (Å²) in [5.74, 6) is 0. The maximum Gasteiger partial charge on any atom is 0.0693 e. The molecule has 1 N–H and O–H groups in total. The van der Waals surface area contributed by atoms with E-state index in [4.69, 9.17) is 4.74 Å². The van der Waals surface area contributed by atoms with E-state index in [1.54, 1.807) is 7.11 Å². The lowest BCUT2D eigenvalue weighted by Gasteiger charge is -2.22. The van der Waals surface area contributed by atoms with Crippen LogP contribution in [0.15, 0.2) is 0 Å². The Labute approximate surface area is 89.4 Å². The molecule has 0 rings (SSSR count). The van der Waals surface area contributed by atoms with Crippen molar-refractivity contribution < 1.29 is 4.74 Å². The van der Waals surface area contributed by atoms with Crippen molar-refractivity contribution in [2.45, 2.75) is 59.6 Å². The minimum absolute atomic E-state index is 0.296. The van der Waals surface area contributed by atoms with Crippen molar-refractivity contribution in [1.82, 2.24) is 5.32 Å². The molecule has 2 unspecified atom stereocenters. The van der Waals surface area contributed by atoms with Gasteiger partial charge in [0, 0.05) is 13.2 Å². The van der Waals surface area contributed by atoms with Gasteiger partial charge in [-0.25, -0.2) is 0 Å². The van der Waals surface area contributed by atoms with Crippen molar-refractivity contribution >= 4 is 0 Å². The molecule has 0 heterocycles. The van der Waals surface area contributed by atoms with Gasteiger partial charge in [-0.1, -0.05) is 20.8 Å². The first-order valence-corrected chi connectivity index (χ1v) is 5.63. The molecule has 0 bridgehead atoms. The van der Waals surface area contributed by atoms with Crippen LogP contribution in [0, 0.1) is 5.41 Å². The van der Waals surface area contributed by atoms with Gasteiger partial charge in [0.05, 0.1) is 6.10 Å². The largest absolute Gasteiger partial charge is 0.380 e. The standard InChI is InChI=1S/C12H27NO/c1-10(11(2)14-6)13-9-7-8-12(3,4)5/h10-11,13H,7-9H2,1-6H3. The number of ether oxygens (including phenoxy) is 1. The lowest BCUT2D eigenvalue weighted by Crippen LogP contribution is -2.37. The summed E-state index contributed by atoms with van der Waals surface area (Å²) in [6.07, 6.45) is 2.81. The topological polar surface area (TPSA) is 21.3 Å². The molecule has 0 amide bonds. The number of methoxy groups -OCH3 is 1. The molecule has 0 fully saturated rings. The molecule has 0 radical (unpaired) electrons. The minimum Gasteiger partial charge on any atom is -0.380 e. The average Bonchev–Trinajstić information content (AvgIpc) is 2.09. The molecular formula is C12H27NO. The predicted octanol–water partition coefficient (Wildman–Crippen LogP) is 2.83. The Morgan fingerprint density at radius 2 is 1.79 bits per heavy atom. The van der Waals surface area contributed by atoms with E-state index in [-0.39, 0.29) is 0 Å². The second-order valence-corrected chi connectivity index (χ2v) is 5.35. The highest BCUT2D eigenvalue weighted by Gasteiger charge is 2.12. The molecule has 0 aliphatic heterocycles. The zero-order valence-corrected chi connectivity index (χ0v) is 10.7. The number of nitrogens with one attached hydrogen (secondary N) is 1. The summed E-state index contributed by atoms with van der Waals surface area (Å²) in [6, 6.07) is 0.444. The van der Waals surface area contributed by atoms with E-state index in [9.17, 15) is 0 Å². The minimum atomic E-state index is 0.296. The van der Waals surface area contributed by atoms with Crippen LogP contribution in [0.5, 0.6) is 0 Å². The molecule has 86 valence electrons. The summed E-state index contributed by atoms with van der Waals surface area (Å²) in [6.45, 7) is 12.2. The van der Waals surface area contributed by atoms with Crippen LogP contribution in [0.1, 0.15) is 47.5 Å². The van der Waals surface area contributed by atoms with Crippen LogP contribution in [0.4, 0.5) is 0 Å². The van der Waals surface area contributed by atoms with E-state index in [1.807, 2.05) is 0 Å². The summed E-state index contributed by atoms with van der Waals surface area (Å²) in [4.78, 5) is 0. The highest BCUT2D eigenvalue weighted by molar-refractivity contribution is 4.69. The van der Waals surface area contributed by atoms with E-state index in [0.717, 1.165) is 6.54 Å². The fourth-order valence-electron chi connectivity index (χ4n) is 1.32. The van der Waals surface area contributed by atoms with Gasteiger partial charge in [0.25, 0.3) is 0 Å². The van der Waals surface area contributed by atoms with Crippen LogP contribution in [0.2, 0.25) is 0 Å². The lowest BCUT2D eigenvalue weighted by atomic mass is 9.90. The molecule has 2 atom stereocenters. The van der Waals surface area contributed by atoms with E-state index >= 15 is 0 Å². The van der Waals surface area contributed by atoms with Gasteiger partial charge in [-0.2, -0.15) is 0 Å². The van der Waals surface area contributed by atoms with Crippen molar-refractivity contribution in [3.63, 3.8) is 0 Å². The molecule has 0 aromatic carbocycles. The van der Waals surface area contributed by atoms with Gasteiger partial charge in [-0.15, -0.1) is 0 Å². The third-order valence-electron chi connectivity index (χ3n) is 2.65. The summed E-state index contributed by atoms with van der Waals surface area (Å²) in [7, 11) is 1.76. The van der Waals surface area contributed by atoms with E-state index in [1.165, 1.54) is 12.8 Å². The number of hydrogen-bond donors (Lipinski definition) is 1. The van der Waals surface area contributed by atoms with Crippen LogP contribution >= 0.6 is 0 Å². The first kappa shape index (κ1) is 13.9. The highest BCUT2D eigenvalue weighted by Crippen LogP contribution is 2.19. The van der Waals surface area contributed by atoms with Gasteiger partial charge in [0.2, 0.25) is 0 Å². The smallest absolute Gasteiger partial charge is 0.0693 e. The Morgan fingerprint density at radius 1 is 1.21 bits per heavy atom. The van der Waals surface area contributed by atoms with Gasteiger partial charge >= 0.3 is 0 Å². The van der Waals surface area contributed by atoms with Crippen molar-refractivity contribution in [1.29, 1.82) is 0 Å². The molecule has 0 saturated heterocycles. The summed E-state index contributed by atoms with van der Waals surface area (Å²) in [5, 5.41) is 3.48. The molecule has 0 aromatic rings. The van der Waals surface area contributed by atoms with Gasteiger partial charge in [-0.05, 0) is 38.6 Å². The van der Waals surface area contributed by atoms with Crippen LogP contribution in [0.3, 0.4) is 0 Å². The molecule has 0 aromatic heterocycles. The first-order valence-electron chi connectivity index (χ1n) is 5.63. The summed E-state index contributed by atoms with van der Waals surface area (Å²) in [5.41, 5.74) is 0.456. The van der Waals surface area contributed by atoms with E-state index in [2.05, 4.69) is 39.9 Å². The van der Waals surface area contributed by atoms with Gasteiger partial charge in [0.1, 0.15) is 0 Å². The number of hydrogen-bond acceptors (Lipinski definition) is 2. The van der Waals surface area contributed by atoms with Crippen LogP contribution in [-0.4, -0.2) is 25.8 Å². The van der Waals surface area contributed by atoms with Crippen molar-refractivity contribution in [2.24, 2.45) is 5.41 Å². The normalized spacial score (nSPS) is 16.7. The fourth-order valence-corrected chi connectivity index (χ4v) is 1.32. The summed E-state index contributed by atoms with van der Waals surface area (Å²) >= 11 is 0. The molecule has 0 aliphatic carbocycles. The Balaban J connectivity index is 3.45. The zero-order valence-electron chi connectivity index (χ0n) is 10.7. The second-order valence-electron chi connectivity index (χ2n) is 5.35. The van der Waals surface area contributed by atoms with Crippen molar-refractivity contribution in [2.75, 3.05) is 13.7 Å². The number of rotatable bonds is 6. The fraction of sp³-hybridized carbons (Fsp3) is 1.00. The molecular weight excluding hydrogens is 174 g/mol. The van der Waals surface area contributed by atoms with Crippen LogP contribution in [0.25, 0.3) is 0 Å². The highest BCUT2D eigenvalue weighted by atomic mass is 16.5. The average molecular weight is 201 g/mol. The second kappa shape index (κ2) is 6.41. The molecule has 0 aliphatic rings. The van der Waals surface area contributed by atoms with Crippen molar-refractivity contribution in [3.8, 4) is 0 Å². The third kappa shape index (κ3) is 7.34. The maximum absolute atomic E-state index is 5.25. The van der Waals surface area contributed by atoms with Crippen LogP contribution < -0.4 is 5.32 Å². The van der Waals surface area contributed by atoms with Gasteiger partial charge in [-0.3, -0.25) is 0 Å². The molecule has 2 nitrogen and oxygen atoms in total. The Kier molecular flexibility index (Phi) is 6.38. The van der Waals surface area contributed by atoms with Crippen LogP contribution in [-0.2, 0) is 4.74 Å². The third-order valence-corrected chi connectivity index (χ3v) is 2.65. The lowest BCUT2D eigenvalue weighted by molar-refractivity contribution is 0.0884. The molecule has 14 heavy (non-hydrogen) atoms. The monoisotopic (exact) mass is 201 g/mol. The Bertz CT molecular complexity index is 140. The molecule has 0 saturated carbocycles. The maximum atomic E-state index is 5.25. The Hall–Kier alpha value is -0.0800. The zero-order chi connectivity index (χ0) is 11.2. The van der Waals surface area contributed by atoms with Gasteiger partial charge < -0.3 is 10.1 Å². The van der Waals surface area contributed by atoms with E-state index < -0.39 is 0 Å². The SMILES string of the molecule is COC(C)C(C)NCCCC(C)(C)C.